The maximum Gasteiger partial charge on any atom is 0.254 e. The minimum Gasteiger partial charge on any atom is -0.390 e. The Morgan fingerprint density at radius 1 is 1.43 bits per heavy atom. The Morgan fingerprint density at radius 2 is 2.26 bits per heavy atom. The number of aromatic nitrogens is 2. The molecule has 0 radical (unpaired) electrons. The third kappa shape index (κ3) is 3.79. The second kappa shape index (κ2) is 6.16. The Kier molecular flexibility index (Phi) is 4.22. The number of rotatable bonds is 4. The van der Waals surface area contributed by atoms with Gasteiger partial charge in [0.15, 0.2) is 0 Å². The average molecular weight is 313 g/mol. The lowest BCUT2D eigenvalue weighted by Crippen LogP contribution is -2.35. The predicted molar refractivity (Wildman–Crippen MR) is 88.1 cm³/mol. The van der Waals surface area contributed by atoms with Crippen molar-refractivity contribution < 1.29 is 9.90 Å². The molecule has 3 rings (SSSR count). The Balaban J connectivity index is 1.70. The Morgan fingerprint density at radius 3 is 3.04 bits per heavy atom. The van der Waals surface area contributed by atoms with Crippen LogP contribution in [-0.2, 0) is 19.4 Å². The number of hydrogen-bond acceptors (Lipinski definition) is 3. The molecular weight excluding hydrogens is 290 g/mol. The molecule has 1 amide bonds. The minimum atomic E-state index is -0.690. The highest BCUT2D eigenvalue weighted by Gasteiger charge is 2.23. The topological polar surface area (TPSA) is 69.2 Å². The van der Waals surface area contributed by atoms with E-state index in [4.69, 9.17) is 0 Å². The fraction of sp³-hybridized carbons (Fsp3) is 0.444. The second-order valence-corrected chi connectivity index (χ2v) is 6.86. The van der Waals surface area contributed by atoms with E-state index in [1.54, 1.807) is 20.0 Å². The van der Waals surface area contributed by atoms with Crippen molar-refractivity contribution in [3.8, 4) is 0 Å². The summed E-state index contributed by atoms with van der Waals surface area (Å²) < 4.78 is 0. The Labute approximate surface area is 136 Å². The molecule has 0 saturated carbocycles. The van der Waals surface area contributed by atoms with E-state index in [0.717, 1.165) is 29.7 Å². The van der Waals surface area contributed by atoms with Crippen LogP contribution in [0, 0.1) is 0 Å². The number of nitrogens with one attached hydrogen (secondary N) is 1. The summed E-state index contributed by atoms with van der Waals surface area (Å²) in [6.45, 7) is 4.93. The highest BCUT2D eigenvalue weighted by Crippen LogP contribution is 2.20. The molecule has 0 aliphatic carbocycles. The first-order chi connectivity index (χ1) is 10.9. The normalized spacial score (nSPS) is 14.7. The number of amides is 1. The van der Waals surface area contributed by atoms with Gasteiger partial charge in [0.2, 0.25) is 0 Å². The van der Waals surface area contributed by atoms with Gasteiger partial charge in [0.25, 0.3) is 5.91 Å². The first-order valence-corrected chi connectivity index (χ1v) is 8.04. The summed E-state index contributed by atoms with van der Waals surface area (Å²) in [4.78, 5) is 14.6. The Bertz CT molecular complexity index is 700. The zero-order valence-electron chi connectivity index (χ0n) is 13.7. The molecule has 0 fully saturated rings. The molecule has 122 valence electrons. The highest BCUT2D eigenvalue weighted by atomic mass is 16.3. The van der Waals surface area contributed by atoms with Crippen LogP contribution in [0.15, 0.2) is 30.5 Å². The standard InChI is InChI=1S/C18H23N3O2/c1-18(2,23)8-6-13-4-3-5-14(10-13)17(22)21-9-7-16-15(12-21)11-19-20-16/h3-5,10-11,23H,6-9,12H2,1-2H3,(H,19,20). The van der Waals surface area contributed by atoms with Gasteiger partial charge in [-0.2, -0.15) is 5.10 Å². The molecule has 0 spiro atoms. The van der Waals surface area contributed by atoms with Gasteiger partial charge in [-0.25, -0.2) is 0 Å². The van der Waals surface area contributed by atoms with E-state index >= 15 is 0 Å². The molecule has 0 bridgehead atoms. The van der Waals surface area contributed by atoms with E-state index < -0.39 is 5.60 Å². The zero-order chi connectivity index (χ0) is 16.4. The molecule has 0 unspecified atom stereocenters. The van der Waals surface area contributed by atoms with Gasteiger partial charge in [0, 0.05) is 36.3 Å². The number of carbonyl (C=O) groups excluding carboxylic acids is 1. The fourth-order valence-electron chi connectivity index (χ4n) is 2.89. The first kappa shape index (κ1) is 15.7. The van der Waals surface area contributed by atoms with Crippen molar-refractivity contribution in [2.24, 2.45) is 0 Å². The lowest BCUT2D eigenvalue weighted by Gasteiger charge is -2.26. The van der Waals surface area contributed by atoms with E-state index in [2.05, 4.69) is 10.2 Å². The van der Waals surface area contributed by atoms with Crippen LogP contribution in [0.3, 0.4) is 0 Å². The van der Waals surface area contributed by atoms with Crippen LogP contribution in [0.25, 0.3) is 0 Å². The monoisotopic (exact) mass is 313 g/mol. The van der Waals surface area contributed by atoms with Gasteiger partial charge in [0.1, 0.15) is 0 Å². The summed E-state index contributed by atoms with van der Waals surface area (Å²) in [5.74, 6) is 0.0574. The van der Waals surface area contributed by atoms with Gasteiger partial charge in [-0.1, -0.05) is 12.1 Å². The maximum atomic E-state index is 12.7. The number of fused-ring (bicyclic) bond motifs is 1. The van der Waals surface area contributed by atoms with Crippen molar-refractivity contribution in [2.45, 2.75) is 45.3 Å². The molecule has 1 aromatic heterocycles. The molecule has 1 aliphatic rings. The summed E-state index contributed by atoms with van der Waals surface area (Å²) in [6, 6.07) is 7.73. The van der Waals surface area contributed by atoms with Crippen LogP contribution in [0.1, 0.15) is 47.4 Å². The molecule has 1 aliphatic heterocycles. The number of aromatic amines is 1. The molecule has 5 nitrogen and oxygen atoms in total. The Hall–Kier alpha value is -2.14. The molecule has 2 N–H and O–H groups in total. The molecule has 0 atom stereocenters. The van der Waals surface area contributed by atoms with Crippen LogP contribution in [0.4, 0.5) is 0 Å². The molecule has 23 heavy (non-hydrogen) atoms. The lowest BCUT2D eigenvalue weighted by atomic mass is 9.97. The van der Waals surface area contributed by atoms with Crippen molar-refractivity contribution in [3.05, 3.63) is 52.8 Å². The summed E-state index contributed by atoms with van der Waals surface area (Å²) >= 11 is 0. The largest absolute Gasteiger partial charge is 0.390 e. The summed E-state index contributed by atoms with van der Waals surface area (Å²) in [5, 5.41) is 16.9. The number of aryl methyl sites for hydroxylation is 1. The molecule has 0 saturated heterocycles. The summed E-state index contributed by atoms with van der Waals surface area (Å²) in [7, 11) is 0. The molecule has 1 aromatic carbocycles. The van der Waals surface area contributed by atoms with Crippen molar-refractivity contribution in [1.29, 1.82) is 0 Å². The van der Waals surface area contributed by atoms with Crippen molar-refractivity contribution in [1.82, 2.24) is 15.1 Å². The SMILES string of the molecule is CC(C)(O)CCc1cccc(C(=O)N2CCc3[nH]ncc3C2)c1. The first-order valence-electron chi connectivity index (χ1n) is 8.04. The van der Waals surface area contributed by atoms with Gasteiger partial charge in [-0.15, -0.1) is 0 Å². The number of carbonyl (C=O) groups is 1. The fourth-order valence-corrected chi connectivity index (χ4v) is 2.89. The summed E-state index contributed by atoms with van der Waals surface area (Å²) in [5.41, 5.74) is 3.34. The van der Waals surface area contributed by atoms with Crippen LogP contribution < -0.4 is 0 Å². The zero-order valence-corrected chi connectivity index (χ0v) is 13.7. The van der Waals surface area contributed by atoms with E-state index in [9.17, 15) is 9.90 Å². The van der Waals surface area contributed by atoms with Crippen molar-refractivity contribution in [2.75, 3.05) is 6.54 Å². The van der Waals surface area contributed by atoms with Gasteiger partial charge >= 0.3 is 0 Å². The van der Waals surface area contributed by atoms with Gasteiger partial charge in [-0.3, -0.25) is 9.89 Å². The quantitative estimate of drug-likeness (QED) is 0.910. The van der Waals surface area contributed by atoms with E-state index in [-0.39, 0.29) is 5.91 Å². The summed E-state index contributed by atoms with van der Waals surface area (Å²) in [6.07, 6.45) is 4.05. The highest BCUT2D eigenvalue weighted by molar-refractivity contribution is 5.94. The second-order valence-electron chi connectivity index (χ2n) is 6.86. The average Bonchev–Trinajstić information content (AvgIpc) is 2.99. The van der Waals surface area contributed by atoms with Crippen molar-refractivity contribution in [3.63, 3.8) is 0 Å². The smallest absolute Gasteiger partial charge is 0.254 e. The number of aliphatic hydroxyl groups is 1. The van der Waals surface area contributed by atoms with Crippen LogP contribution in [-0.4, -0.2) is 38.3 Å². The molecule has 5 heteroatoms. The molecule has 2 aromatic rings. The van der Waals surface area contributed by atoms with Crippen molar-refractivity contribution >= 4 is 5.91 Å². The number of H-pyrrole nitrogens is 1. The lowest BCUT2D eigenvalue weighted by molar-refractivity contribution is 0.0714. The van der Waals surface area contributed by atoms with Crippen LogP contribution >= 0.6 is 0 Å². The van der Waals surface area contributed by atoms with Gasteiger partial charge < -0.3 is 10.0 Å². The number of nitrogens with zero attached hydrogens (tertiary/aromatic N) is 2. The minimum absolute atomic E-state index is 0.0574. The van der Waals surface area contributed by atoms with E-state index in [1.807, 2.05) is 29.2 Å². The van der Waals surface area contributed by atoms with Crippen LogP contribution in [0.5, 0.6) is 0 Å². The third-order valence-corrected chi connectivity index (χ3v) is 4.29. The van der Waals surface area contributed by atoms with E-state index in [1.165, 1.54) is 0 Å². The van der Waals surface area contributed by atoms with Crippen LogP contribution in [0.2, 0.25) is 0 Å². The third-order valence-electron chi connectivity index (χ3n) is 4.29. The van der Waals surface area contributed by atoms with Gasteiger partial charge in [-0.05, 0) is 44.4 Å². The van der Waals surface area contributed by atoms with Gasteiger partial charge in [0.05, 0.1) is 11.8 Å². The molecular formula is C18H23N3O2. The number of hydrogen-bond donors (Lipinski definition) is 2. The predicted octanol–water partition coefficient (Wildman–Crippen LogP) is 2.31. The maximum absolute atomic E-state index is 12.7. The number of benzene rings is 1. The van der Waals surface area contributed by atoms with E-state index in [0.29, 0.717) is 25.1 Å². The molecule has 2 heterocycles.